The fourth-order valence-corrected chi connectivity index (χ4v) is 4.86. The normalized spacial score (nSPS) is 11.5. The zero-order valence-electron chi connectivity index (χ0n) is 17.6. The van der Waals surface area contributed by atoms with Gasteiger partial charge in [0, 0.05) is 31.7 Å². The molecule has 0 spiro atoms. The van der Waals surface area contributed by atoms with Crippen molar-refractivity contribution in [1.82, 2.24) is 9.21 Å². The van der Waals surface area contributed by atoms with E-state index in [0.717, 1.165) is 12.0 Å². The van der Waals surface area contributed by atoms with Gasteiger partial charge in [0.15, 0.2) is 0 Å². The van der Waals surface area contributed by atoms with E-state index in [2.05, 4.69) is 0 Å². The largest absolute Gasteiger partial charge is 0.495 e. The lowest BCUT2D eigenvalue weighted by molar-refractivity contribution is 0.0743. The molecule has 29 heavy (non-hydrogen) atoms. The molecule has 0 N–H and O–H groups in total. The molecule has 0 aromatic heterocycles. The topological polar surface area (TPSA) is 66.9 Å². The Morgan fingerprint density at radius 3 is 2.21 bits per heavy atom. The van der Waals surface area contributed by atoms with Crippen molar-refractivity contribution in [2.24, 2.45) is 0 Å². The number of benzene rings is 2. The van der Waals surface area contributed by atoms with E-state index in [9.17, 15) is 13.2 Å². The summed E-state index contributed by atoms with van der Waals surface area (Å²) in [6.07, 6.45) is 0.805. The molecule has 158 valence electrons. The summed E-state index contributed by atoms with van der Waals surface area (Å²) in [5, 5.41) is 0. The minimum atomic E-state index is -3.76. The number of amides is 1. The van der Waals surface area contributed by atoms with Crippen LogP contribution in [-0.4, -0.2) is 50.3 Å². The molecule has 2 aromatic carbocycles. The average Bonchev–Trinajstić information content (AvgIpc) is 2.74. The van der Waals surface area contributed by atoms with Gasteiger partial charge >= 0.3 is 0 Å². The van der Waals surface area contributed by atoms with Gasteiger partial charge in [0.2, 0.25) is 10.0 Å². The molecule has 0 fully saturated rings. The number of methoxy groups -OCH3 is 1. The summed E-state index contributed by atoms with van der Waals surface area (Å²) in [6.45, 7) is 7.31. The van der Waals surface area contributed by atoms with Crippen LogP contribution in [0.15, 0.2) is 53.4 Å². The summed E-state index contributed by atoms with van der Waals surface area (Å²) in [5.74, 6) is 0.0351. The highest BCUT2D eigenvalue weighted by Crippen LogP contribution is 2.28. The molecule has 0 saturated carbocycles. The monoisotopic (exact) mass is 418 g/mol. The Bertz CT molecular complexity index is 910. The van der Waals surface area contributed by atoms with Crippen LogP contribution in [0, 0.1) is 0 Å². The number of hydrogen-bond acceptors (Lipinski definition) is 4. The van der Waals surface area contributed by atoms with Gasteiger partial charge in [0.05, 0.1) is 7.11 Å². The second-order valence-corrected chi connectivity index (χ2v) is 8.57. The molecule has 0 bridgehead atoms. The lowest BCUT2D eigenvalue weighted by Gasteiger charge is -2.24. The first-order valence-corrected chi connectivity index (χ1v) is 11.3. The fraction of sp³-hybridized carbons (Fsp3) is 0.409. The third-order valence-corrected chi connectivity index (χ3v) is 6.80. The summed E-state index contributed by atoms with van der Waals surface area (Å²) in [7, 11) is -2.33. The van der Waals surface area contributed by atoms with Crippen LogP contribution in [0.2, 0.25) is 0 Å². The van der Waals surface area contributed by atoms with Gasteiger partial charge in [0.1, 0.15) is 10.6 Å². The molecule has 0 heterocycles. The molecule has 0 radical (unpaired) electrons. The third-order valence-electron chi connectivity index (χ3n) is 4.73. The van der Waals surface area contributed by atoms with Crippen LogP contribution in [0.1, 0.15) is 43.1 Å². The SMILES string of the molecule is CCCN(Cc1ccccc1)C(=O)c1ccc(OC)c(S(=O)(=O)N(CC)CC)c1. The maximum Gasteiger partial charge on any atom is 0.254 e. The second-order valence-electron chi connectivity index (χ2n) is 6.67. The van der Waals surface area contributed by atoms with Gasteiger partial charge in [-0.2, -0.15) is 4.31 Å². The molecule has 2 rings (SSSR count). The standard InChI is InChI=1S/C22H30N2O4S/c1-5-15-23(17-18-11-9-8-10-12-18)22(25)19-13-14-20(28-4)21(16-19)29(26,27)24(6-2)7-3/h8-14,16H,5-7,15,17H2,1-4H3. The number of ether oxygens (including phenoxy) is 1. The van der Waals surface area contributed by atoms with E-state index >= 15 is 0 Å². The second kappa shape index (κ2) is 10.4. The molecule has 0 aliphatic heterocycles. The predicted octanol–water partition coefficient (Wildman–Crippen LogP) is 3.78. The van der Waals surface area contributed by atoms with Gasteiger partial charge in [-0.05, 0) is 30.2 Å². The fourth-order valence-electron chi connectivity index (χ4n) is 3.22. The molecule has 6 nitrogen and oxygen atoms in total. The Kier molecular flexibility index (Phi) is 8.22. The van der Waals surface area contributed by atoms with Gasteiger partial charge in [-0.25, -0.2) is 8.42 Å². The van der Waals surface area contributed by atoms with E-state index in [-0.39, 0.29) is 16.6 Å². The lowest BCUT2D eigenvalue weighted by atomic mass is 10.1. The van der Waals surface area contributed by atoms with Gasteiger partial charge in [-0.3, -0.25) is 4.79 Å². The Morgan fingerprint density at radius 1 is 1.00 bits per heavy atom. The van der Waals surface area contributed by atoms with Crippen molar-refractivity contribution in [3.05, 3.63) is 59.7 Å². The molecular weight excluding hydrogens is 388 g/mol. The number of carbonyl (C=O) groups excluding carboxylic acids is 1. The molecule has 0 aliphatic rings. The van der Waals surface area contributed by atoms with Crippen molar-refractivity contribution in [2.75, 3.05) is 26.7 Å². The van der Waals surface area contributed by atoms with Crippen molar-refractivity contribution < 1.29 is 17.9 Å². The molecule has 1 amide bonds. The summed E-state index contributed by atoms with van der Waals surface area (Å²) in [6, 6.07) is 14.4. The zero-order chi connectivity index (χ0) is 21.4. The average molecular weight is 419 g/mol. The van der Waals surface area contributed by atoms with Crippen LogP contribution < -0.4 is 4.74 Å². The van der Waals surface area contributed by atoms with E-state index < -0.39 is 10.0 Å². The Balaban J connectivity index is 2.43. The van der Waals surface area contributed by atoms with Crippen LogP contribution in [0.3, 0.4) is 0 Å². The smallest absolute Gasteiger partial charge is 0.254 e. The van der Waals surface area contributed by atoms with E-state index in [4.69, 9.17) is 4.74 Å². The van der Waals surface area contributed by atoms with Crippen LogP contribution in [0.25, 0.3) is 0 Å². The van der Waals surface area contributed by atoms with Crippen LogP contribution in [-0.2, 0) is 16.6 Å². The highest BCUT2D eigenvalue weighted by atomic mass is 32.2. The van der Waals surface area contributed by atoms with E-state index in [0.29, 0.717) is 31.7 Å². The molecule has 0 unspecified atom stereocenters. The first kappa shape index (κ1) is 22.9. The van der Waals surface area contributed by atoms with Gasteiger partial charge in [0.25, 0.3) is 5.91 Å². The molecule has 0 saturated heterocycles. The summed E-state index contributed by atoms with van der Waals surface area (Å²) >= 11 is 0. The summed E-state index contributed by atoms with van der Waals surface area (Å²) < 4.78 is 32.7. The molecule has 0 atom stereocenters. The maximum absolute atomic E-state index is 13.2. The zero-order valence-corrected chi connectivity index (χ0v) is 18.4. The van der Waals surface area contributed by atoms with Crippen molar-refractivity contribution in [1.29, 1.82) is 0 Å². The van der Waals surface area contributed by atoms with Crippen molar-refractivity contribution >= 4 is 15.9 Å². The number of hydrogen-bond donors (Lipinski definition) is 0. The number of carbonyl (C=O) groups is 1. The van der Waals surface area contributed by atoms with Crippen LogP contribution >= 0.6 is 0 Å². The van der Waals surface area contributed by atoms with Crippen LogP contribution in [0.4, 0.5) is 0 Å². The third kappa shape index (κ3) is 5.36. The lowest BCUT2D eigenvalue weighted by Crippen LogP contribution is -2.33. The van der Waals surface area contributed by atoms with E-state index in [1.807, 2.05) is 37.3 Å². The van der Waals surface area contributed by atoms with Gasteiger partial charge in [-0.15, -0.1) is 0 Å². The highest BCUT2D eigenvalue weighted by Gasteiger charge is 2.27. The minimum Gasteiger partial charge on any atom is -0.495 e. The van der Waals surface area contributed by atoms with Gasteiger partial charge < -0.3 is 9.64 Å². The number of sulfonamides is 1. The molecular formula is C22H30N2O4S. The predicted molar refractivity (Wildman–Crippen MR) is 115 cm³/mol. The first-order chi connectivity index (χ1) is 13.9. The molecule has 7 heteroatoms. The molecule has 2 aromatic rings. The van der Waals surface area contributed by atoms with Crippen molar-refractivity contribution in [3.8, 4) is 5.75 Å². The molecule has 0 aliphatic carbocycles. The van der Waals surface area contributed by atoms with Crippen molar-refractivity contribution in [2.45, 2.75) is 38.6 Å². The highest BCUT2D eigenvalue weighted by molar-refractivity contribution is 7.89. The van der Waals surface area contributed by atoms with Crippen molar-refractivity contribution in [3.63, 3.8) is 0 Å². The van der Waals surface area contributed by atoms with Gasteiger partial charge in [-0.1, -0.05) is 51.1 Å². The van der Waals surface area contributed by atoms with Crippen LogP contribution in [0.5, 0.6) is 5.75 Å². The quantitative estimate of drug-likeness (QED) is 0.589. The maximum atomic E-state index is 13.2. The number of rotatable bonds is 10. The Labute approximate surface area is 174 Å². The first-order valence-electron chi connectivity index (χ1n) is 9.90. The summed E-state index contributed by atoms with van der Waals surface area (Å²) in [5.41, 5.74) is 1.36. The summed E-state index contributed by atoms with van der Waals surface area (Å²) in [4.78, 5) is 15.0. The Morgan fingerprint density at radius 2 is 1.66 bits per heavy atom. The van der Waals surface area contributed by atoms with E-state index in [1.165, 1.54) is 17.5 Å². The number of nitrogens with zero attached hydrogens (tertiary/aromatic N) is 2. The van der Waals surface area contributed by atoms with E-state index in [1.54, 1.807) is 30.9 Å². The minimum absolute atomic E-state index is 0.0192. The Hall–Kier alpha value is -2.38.